The number of rotatable bonds is 67. The summed E-state index contributed by atoms with van der Waals surface area (Å²) in [6.45, 7) is 6.69. The molecule has 78 heavy (non-hydrogen) atoms. The number of allylic oxidation sites excluding steroid dienone is 2. The van der Waals surface area contributed by atoms with Gasteiger partial charge in [-0.2, -0.15) is 0 Å². The molecule has 462 valence electrons. The molecule has 0 saturated heterocycles. The normalized spacial score (nSPS) is 12.0. The highest BCUT2D eigenvalue weighted by atomic mass is 16.6. The monoisotopic (exact) mass is 1100 g/mol. The Morgan fingerprint density at radius 2 is 0.423 bits per heavy atom. The molecule has 0 heterocycles. The van der Waals surface area contributed by atoms with Crippen LogP contribution in [0.3, 0.4) is 0 Å². The van der Waals surface area contributed by atoms with Gasteiger partial charge in [0.25, 0.3) is 0 Å². The summed E-state index contributed by atoms with van der Waals surface area (Å²) < 4.78 is 16.9. The van der Waals surface area contributed by atoms with Crippen LogP contribution >= 0.6 is 0 Å². The van der Waals surface area contributed by atoms with Crippen LogP contribution in [0.5, 0.6) is 0 Å². The van der Waals surface area contributed by atoms with Crippen molar-refractivity contribution in [3.05, 3.63) is 12.2 Å². The summed E-state index contributed by atoms with van der Waals surface area (Å²) in [7, 11) is 0. The number of hydrogen-bond donors (Lipinski definition) is 0. The van der Waals surface area contributed by atoms with Crippen LogP contribution < -0.4 is 0 Å². The molecule has 6 nitrogen and oxygen atoms in total. The van der Waals surface area contributed by atoms with Crippen LogP contribution in [0.4, 0.5) is 0 Å². The first-order valence-electron chi connectivity index (χ1n) is 35.7. The van der Waals surface area contributed by atoms with Crippen LogP contribution in [0.1, 0.15) is 412 Å². The average Bonchev–Trinajstić information content (AvgIpc) is 3.44. The fraction of sp³-hybridized carbons (Fsp3) is 0.931. The molecule has 1 atom stereocenters. The van der Waals surface area contributed by atoms with Gasteiger partial charge in [0, 0.05) is 19.3 Å². The zero-order valence-electron chi connectivity index (χ0n) is 53.2. The lowest BCUT2D eigenvalue weighted by atomic mass is 10.0. The molecule has 0 amide bonds. The number of esters is 3. The maximum atomic E-state index is 12.9. The molecule has 0 aliphatic heterocycles. The van der Waals surface area contributed by atoms with Gasteiger partial charge in [-0.3, -0.25) is 14.4 Å². The van der Waals surface area contributed by atoms with E-state index in [2.05, 4.69) is 32.9 Å². The summed E-state index contributed by atoms with van der Waals surface area (Å²) in [6, 6.07) is 0. The Labute approximate surface area is 488 Å². The lowest BCUT2D eigenvalue weighted by Gasteiger charge is -2.18. The molecule has 0 aromatic carbocycles. The molecule has 0 bridgehead atoms. The molecule has 0 aliphatic carbocycles. The second-order valence-electron chi connectivity index (χ2n) is 24.5. The van der Waals surface area contributed by atoms with Gasteiger partial charge in [0.05, 0.1) is 0 Å². The minimum Gasteiger partial charge on any atom is -0.462 e. The molecule has 0 saturated carbocycles. The van der Waals surface area contributed by atoms with Gasteiger partial charge >= 0.3 is 17.9 Å². The SMILES string of the molecule is CCCCCCC/C=C\CCCCCCCC(=O)OC(COC(=O)CCCCCCCCCCCCC)COC(=O)CCCCCCCCCCCCCCCCCCCCCCCCCCCCCCCCCCCCC. The number of hydrogen-bond acceptors (Lipinski definition) is 6. The van der Waals surface area contributed by atoms with Crippen molar-refractivity contribution >= 4 is 17.9 Å². The van der Waals surface area contributed by atoms with E-state index >= 15 is 0 Å². The Kier molecular flexibility index (Phi) is 66.0. The van der Waals surface area contributed by atoms with Gasteiger partial charge in [-0.25, -0.2) is 0 Å². The number of carbonyl (C=O) groups is 3. The van der Waals surface area contributed by atoms with E-state index in [0.717, 1.165) is 64.2 Å². The lowest BCUT2D eigenvalue weighted by molar-refractivity contribution is -0.167. The maximum Gasteiger partial charge on any atom is 0.306 e. The zero-order valence-corrected chi connectivity index (χ0v) is 53.2. The average molecular weight is 1100 g/mol. The molecule has 0 fully saturated rings. The fourth-order valence-corrected chi connectivity index (χ4v) is 11.2. The van der Waals surface area contributed by atoms with Crippen LogP contribution in [-0.4, -0.2) is 37.2 Å². The maximum absolute atomic E-state index is 12.9. The van der Waals surface area contributed by atoms with E-state index in [0.29, 0.717) is 19.3 Å². The van der Waals surface area contributed by atoms with Crippen LogP contribution in [0.2, 0.25) is 0 Å². The van der Waals surface area contributed by atoms with Crippen molar-refractivity contribution in [2.75, 3.05) is 13.2 Å². The van der Waals surface area contributed by atoms with Crippen molar-refractivity contribution < 1.29 is 28.6 Å². The molecule has 0 aromatic heterocycles. The van der Waals surface area contributed by atoms with E-state index in [1.165, 1.54) is 308 Å². The number of ether oxygens (including phenoxy) is 3. The predicted octanol–water partition coefficient (Wildman–Crippen LogP) is 24.4. The molecule has 0 aliphatic rings. The highest BCUT2D eigenvalue weighted by Crippen LogP contribution is 2.19. The Bertz CT molecular complexity index is 1210. The Morgan fingerprint density at radius 3 is 0.641 bits per heavy atom. The standard InChI is InChI=1S/C72H138O6/c1-4-7-10-13-16-19-22-24-26-27-28-29-30-31-32-33-34-35-36-37-38-39-40-41-42-43-44-45-46-48-50-53-56-59-62-65-71(74)77-68-69(67-76-70(73)64-61-58-55-52-49-21-18-15-12-9-6-3)78-72(75)66-63-60-57-54-51-47-25-23-20-17-14-11-8-5-2/h23,25,69H,4-22,24,26-68H2,1-3H3/b25-23-. The first-order valence-corrected chi connectivity index (χ1v) is 35.7. The van der Waals surface area contributed by atoms with Crippen molar-refractivity contribution in [2.45, 2.75) is 419 Å². The van der Waals surface area contributed by atoms with Gasteiger partial charge < -0.3 is 14.2 Å². The van der Waals surface area contributed by atoms with Crippen molar-refractivity contribution in [1.82, 2.24) is 0 Å². The summed E-state index contributed by atoms with van der Waals surface area (Å²) in [5, 5.41) is 0. The van der Waals surface area contributed by atoms with Gasteiger partial charge in [-0.15, -0.1) is 0 Å². The van der Waals surface area contributed by atoms with Crippen LogP contribution in [-0.2, 0) is 28.6 Å². The molecule has 0 radical (unpaired) electrons. The summed E-state index contributed by atoms with van der Waals surface area (Å²) in [6.07, 6.45) is 81.4. The third kappa shape index (κ3) is 65.0. The molecule has 0 aromatic rings. The van der Waals surface area contributed by atoms with E-state index in [1.807, 2.05) is 0 Å². The third-order valence-corrected chi connectivity index (χ3v) is 16.5. The van der Waals surface area contributed by atoms with E-state index in [-0.39, 0.29) is 31.1 Å². The molecule has 0 N–H and O–H groups in total. The smallest absolute Gasteiger partial charge is 0.306 e. The first-order chi connectivity index (χ1) is 38.5. The first kappa shape index (κ1) is 76.1. The molecule has 1 unspecified atom stereocenters. The number of unbranched alkanes of at least 4 members (excludes halogenated alkanes) is 54. The van der Waals surface area contributed by atoms with Gasteiger partial charge in [0.1, 0.15) is 13.2 Å². The summed E-state index contributed by atoms with van der Waals surface area (Å²) in [5.41, 5.74) is 0. The minimum absolute atomic E-state index is 0.0672. The molecule has 6 heteroatoms. The Morgan fingerprint density at radius 1 is 0.244 bits per heavy atom. The van der Waals surface area contributed by atoms with E-state index < -0.39 is 6.10 Å². The molecular weight excluding hydrogens is 961 g/mol. The highest BCUT2D eigenvalue weighted by molar-refractivity contribution is 5.71. The number of carbonyl (C=O) groups excluding carboxylic acids is 3. The zero-order chi connectivity index (χ0) is 56.4. The van der Waals surface area contributed by atoms with E-state index in [9.17, 15) is 14.4 Å². The van der Waals surface area contributed by atoms with Crippen LogP contribution in [0.15, 0.2) is 12.2 Å². The van der Waals surface area contributed by atoms with Crippen molar-refractivity contribution in [2.24, 2.45) is 0 Å². The Balaban J connectivity index is 3.96. The molecule has 0 rings (SSSR count). The summed E-state index contributed by atoms with van der Waals surface area (Å²) >= 11 is 0. The van der Waals surface area contributed by atoms with Gasteiger partial charge in [-0.05, 0) is 44.9 Å². The fourth-order valence-electron chi connectivity index (χ4n) is 11.2. The summed E-state index contributed by atoms with van der Waals surface area (Å²) in [5.74, 6) is -0.848. The second-order valence-corrected chi connectivity index (χ2v) is 24.5. The topological polar surface area (TPSA) is 78.9 Å². The minimum atomic E-state index is -0.769. The van der Waals surface area contributed by atoms with Crippen molar-refractivity contribution in [3.63, 3.8) is 0 Å². The highest BCUT2D eigenvalue weighted by Gasteiger charge is 2.19. The quantitative estimate of drug-likeness (QED) is 0.0261. The Hall–Kier alpha value is -1.85. The van der Waals surface area contributed by atoms with E-state index in [4.69, 9.17) is 14.2 Å². The lowest BCUT2D eigenvalue weighted by Crippen LogP contribution is -2.30. The van der Waals surface area contributed by atoms with E-state index in [1.54, 1.807) is 0 Å². The third-order valence-electron chi connectivity index (χ3n) is 16.5. The van der Waals surface area contributed by atoms with Crippen LogP contribution in [0.25, 0.3) is 0 Å². The molecule has 0 spiro atoms. The summed E-state index contributed by atoms with van der Waals surface area (Å²) in [4.78, 5) is 38.2. The van der Waals surface area contributed by atoms with Crippen LogP contribution in [0, 0.1) is 0 Å². The van der Waals surface area contributed by atoms with Gasteiger partial charge in [0.15, 0.2) is 6.10 Å². The van der Waals surface area contributed by atoms with Gasteiger partial charge in [0.2, 0.25) is 0 Å². The largest absolute Gasteiger partial charge is 0.462 e. The predicted molar refractivity (Wildman–Crippen MR) is 340 cm³/mol. The second kappa shape index (κ2) is 67.7. The molecular formula is C72H138O6. The van der Waals surface area contributed by atoms with Crippen molar-refractivity contribution in [3.8, 4) is 0 Å². The van der Waals surface area contributed by atoms with Crippen molar-refractivity contribution in [1.29, 1.82) is 0 Å². The van der Waals surface area contributed by atoms with Gasteiger partial charge in [-0.1, -0.05) is 360 Å².